The number of hydrogen-bond acceptors (Lipinski definition) is 3. The van der Waals surface area contributed by atoms with Gasteiger partial charge in [-0.25, -0.2) is 4.79 Å². The van der Waals surface area contributed by atoms with Gasteiger partial charge in [0.25, 0.3) is 5.91 Å². The molecule has 1 heterocycles. The average molecular weight is 303 g/mol. The van der Waals surface area contributed by atoms with Crippen LogP contribution in [0.1, 0.15) is 15.9 Å². The fourth-order valence-electron chi connectivity index (χ4n) is 1.99. The number of halogens is 3. The van der Waals surface area contributed by atoms with E-state index >= 15 is 0 Å². The van der Waals surface area contributed by atoms with Gasteiger partial charge in [-0.2, -0.15) is 13.2 Å². The predicted molar refractivity (Wildman–Crippen MR) is 64.7 cm³/mol. The minimum Gasteiger partial charge on any atom is -0.479 e. The van der Waals surface area contributed by atoms with E-state index in [0.717, 1.165) is 18.2 Å². The number of benzene rings is 1. The SMILES string of the molecule is O=C(O)[C@@H]1CN(C(=O)c2cccc(C(F)(F)F)c2)CCO1. The Morgan fingerprint density at radius 2 is 2.05 bits per heavy atom. The second kappa shape index (κ2) is 5.72. The Balaban J connectivity index is 2.18. The molecule has 1 amide bonds. The van der Waals surface area contributed by atoms with Gasteiger partial charge in [-0.3, -0.25) is 4.79 Å². The second-order valence-electron chi connectivity index (χ2n) is 4.53. The van der Waals surface area contributed by atoms with Crippen molar-refractivity contribution in [1.82, 2.24) is 4.90 Å². The second-order valence-corrected chi connectivity index (χ2v) is 4.53. The quantitative estimate of drug-likeness (QED) is 0.902. The molecule has 0 unspecified atom stereocenters. The molecule has 0 saturated carbocycles. The standard InChI is InChI=1S/C13H12F3NO4/c14-13(15,16)9-3-1-2-8(6-9)11(18)17-4-5-21-10(7-17)12(19)20/h1-3,6,10H,4-5,7H2,(H,19,20)/t10-/m0/s1. The molecule has 1 aliphatic heterocycles. The Bertz CT molecular complexity index is 559. The maximum atomic E-state index is 12.6. The van der Waals surface area contributed by atoms with Crippen LogP contribution in [-0.2, 0) is 15.7 Å². The van der Waals surface area contributed by atoms with Gasteiger partial charge in [-0.1, -0.05) is 6.07 Å². The summed E-state index contributed by atoms with van der Waals surface area (Å²) in [5.74, 6) is -1.85. The molecule has 1 atom stereocenters. The highest BCUT2D eigenvalue weighted by atomic mass is 19.4. The first-order valence-corrected chi connectivity index (χ1v) is 6.10. The van der Waals surface area contributed by atoms with Crippen molar-refractivity contribution in [3.8, 4) is 0 Å². The fourth-order valence-corrected chi connectivity index (χ4v) is 1.99. The van der Waals surface area contributed by atoms with Gasteiger partial charge in [0.15, 0.2) is 6.10 Å². The first kappa shape index (κ1) is 15.3. The van der Waals surface area contributed by atoms with Crippen molar-refractivity contribution >= 4 is 11.9 Å². The molecule has 1 fully saturated rings. The van der Waals surface area contributed by atoms with Crippen LogP contribution in [0.15, 0.2) is 24.3 Å². The summed E-state index contributed by atoms with van der Waals surface area (Å²) in [4.78, 5) is 24.2. The molecular weight excluding hydrogens is 291 g/mol. The monoisotopic (exact) mass is 303 g/mol. The third kappa shape index (κ3) is 3.52. The summed E-state index contributed by atoms with van der Waals surface area (Å²) >= 11 is 0. The molecule has 0 aliphatic carbocycles. The van der Waals surface area contributed by atoms with Crippen LogP contribution in [0.4, 0.5) is 13.2 Å². The van der Waals surface area contributed by atoms with Crippen LogP contribution in [0.5, 0.6) is 0 Å². The summed E-state index contributed by atoms with van der Waals surface area (Å²) < 4.78 is 42.8. The molecule has 21 heavy (non-hydrogen) atoms. The van der Waals surface area contributed by atoms with E-state index in [0.29, 0.717) is 0 Å². The number of ether oxygens (including phenoxy) is 1. The summed E-state index contributed by atoms with van der Waals surface area (Å²) in [6.45, 7) is -0.0229. The first-order chi connectivity index (χ1) is 9.79. The number of morpholine rings is 1. The molecule has 0 radical (unpaired) electrons. The number of carboxylic acids is 1. The highest BCUT2D eigenvalue weighted by molar-refractivity contribution is 5.94. The Kier molecular flexibility index (Phi) is 4.17. The third-order valence-corrected chi connectivity index (χ3v) is 3.07. The summed E-state index contributed by atoms with van der Waals surface area (Å²) in [5, 5.41) is 8.85. The van der Waals surface area contributed by atoms with E-state index < -0.39 is 29.7 Å². The molecule has 0 bridgehead atoms. The molecule has 0 spiro atoms. The van der Waals surface area contributed by atoms with Crippen LogP contribution >= 0.6 is 0 Å². The van der Waals surface area contributed by atoms with Gasteiger partial charge in [0.05, 0.1) is 18.7 Å². The van der Waals surface area contributed by atoms with E-state index in [9.17, 15) is 22.8 Å². The lowest BCUT2D eigenvalue weighted by Crippen LogP contribution is -2.48. The third-order valence-electron chi connectivity index (χ3n) is 3.07. The van der Waals surface area contributed by atoms with Crippen LogP contribution in [0.3, 0.4) is 0 Å². The fraction of sp³-hybridized carbons (Fsp3) is 0.385. The molecule has 1 aliphatic rings. The number of carbonyl (C=O) groups is 2. The number of hydrogen-bond donors (Lipinski definition) is 1. The van der Waals surface area contributed by atoms with Crippen molar-refractivity contribution in [3.63, 3.8) is 0 Å². The van der Waals surface area contributed by atoms with Gasteiger partial charge in [0, 0.05) is 12.1 Å². The van der Waals surface area contributed by atoms with E-state index in [4.69, 9.17) is 9.84 Å². The van der Waals surface area contributed by atoms with Crippen LogP contribution in [-0.4, -0.2) is 47.7 Å². The van der Waals surface area contributed by atoms with Gasteiger partial charge in [0.2, 0.25) is 0 Å². The largest absolute Gasteiger partial charge is 0.479 e. The number of carboxylic acid groups (broad SMARTS) is 1. The van der Waals surface area contributed by atoms with Gasteiger partial charge in [0.1, 0.15) is 0 Å². The molecule has 2 rings (SSSR count). The van der Waals surface area contributed by atoms with Crippen LogP contribution in [0, 0.1) is 0 Å². The van der Waals surface area contributed by atoms with Gasteiger partial charge < -0.3 is 14.7 Å². The lowest BCUT2D eigenvalue weighted by atomic mass is 10.1. The molecule has 1 saturated heterocycles. The number of aliphatic carboxylic acids is 1. The molecule has 1 N–H and O–H groups in total. The summed E-state index contributed by atoms with van der Waals surface area (Å²) in [7, 11) is 0. The predicted octanol–water partition coefficient (Wildman–Crippen LogP) is 1.63. The lowest BCUT2D eigenvalue weighted by molar-refractivity contribution is -0.154. The zero-order valence-corrected chi connectivity index (χ0v) is 10.8. The molecule has 8 heteroatoms. The van der Waals surface area contributed by atoms with Gasteiger partial charge in [-0.15, -0.1) is 0 Å². The van der Waals surface area contributed by atoms with Crippen molar-refractivity contribution in [3.05, 3.63) is 35.4 Å². The summed E-state index contributed by atoms with van der Waals surface area (Å²) in [6, 6.07) is 4.04. The molecule has 0 aromatic heterocycles. The zero-order chi connectivity index (χ0) is 15.6. The molecule has 1 aromatic carbocycles. The van der Waals surface area contributed by atoms with E-state index in [1.165, 1.54) is 11.0 Å². The van der Waals surface area contributed by atoms with Gasteiger partial charge in [-0.05, 0) is 18.2 Å². The summed E-state index contributed by atoms with van der Waals surface area (Å²) in [6.07, 6.45) is -5.70. The van der Waals surface area contributed by atoms with Crippen molar-refractivity contribution < 1.29 is 32.6 Å². The number of nitrogens with zero attached hydrogens (tertiary/aromatic N) is 1. The van der Waals surface area contributed by atoms with Crippen molar-refractivity contribution in [2.45, 2.75) is 12.3 Å². The molecule has 1 aromatic rings. The van der Waals surface area contributed by atoms with E-state index in [1.54, 1.807) is 0 Å². The number of carbonyl (C=O) groups excluding carboxylic acids is 1. The maximum Gasteiger partial charge on any atom is 0.416 e. The van der Waals surface area contributed by atoms with E-state index in [-0.39, 0.29) is 25.3 Å². The van der Waals surface area contributed by atoms with Gasteiger partial charge >= 0.3 is 12.1 Å². The number of rotatable bonds is 2. The zero-order valence-electron chi connectivity index (χ0n) is 10.8. The minimum atomic E-state index is -4.54. The van der Waals surface area contributed by atoms with Crippen LogP contribution in [0.2, 0.25) is 0 Å². The van der Waals surface area contributed by atoms with Crippen molar-refractivity contribution in [2.75, 3.05) is 19.7 Å². The Hall–Kier alpha value is -2.09. The number of alkyl halides is 3. The smallest absolute Gasteiger partial charge is 0.416 e. The molecule has 5 nitrogen and oxygen atoms in total. The average Bonchev–Trinajstić information content (AvgIpc) is 2.46. The molecule has 114 valence electrons. The Morgan fingerprint density at radius 1 is 1.33 bits per heavy atom. The lowest BCUT2D eigenvalue weighted by Gasteiger charge is -2.31. The van der Waals surface area contributed by atoms with Crippen molar-refractivity contribution in [2.24, 2.45) is 0 Å². The van der Waals surface area contributed by atoms with Crippen molar-refractivity contribution in [1.29, 1.82) is 0 Å². The highest BCUT2D eigenvalue weighted by Gasteiger charge is 2.33. The highest BCUT2D eigenvalue weighted by Crippen LogP contribution is 2.29. The van der Waals surface area contributed by atoms with E-state index in [1.807, 2.05) is 0 Å². The van der Waals surface area contributed by atoms with Crippen LogP contribution < -0.4 is 0 Å². The number of amides is 1. The first-order valence-electron chi connectivity index (χ1n) is 6.10. The maximum absolute atomic E-state index is 12.6. The Morgan fingerprint density at radius 3 is 2.67 bits per heavy atom. The van der Waals surface area contributed by atoms with E-state index in [2.05, 4.69) is 0 Å². The molecular formula is C13H12F3NO4. The normalized spacial score (nSPS) is 19.4. The summed E-state index contributed by atoms with van der Waals surface area (Å²) in [5.41, 5.74) is -1.05. The van der Waals surface area contributed by atoms with Crippen LogP contribution in [0.25, 0.3) is 0 Å². The Labute approximate surface area is 117 Å². The minimum absolute atomic E-state index is 0.0294. The topological polar surface area (TPSA) is 66.8 Å².